The Bertz CT molecular complexity index is 726. The monoisotopic (exact) mass is 273 g/mol. The minimum atomic E-state index is -0.00281. The van der Waals surface area contributed by atoms with Crippen molar-refractivity contribution in [2.45, 2.75) is 26.7 Å². The molecule has 1 aromatic heterocycles. The molecule has 0 N–H and O–H groups in total. The Labute approximate surface area is 125 Å². The Hall–Kier alpha value is -2.83. The van der Waals surface area contributed by atoms with Gasteiger partial charge in [0.05, 0.1) is 0 Å². The molecule has 1 aromatic rings. The zero-order valence-electron chi connectivity index (χ0n) is 12.1. The first kappa shape index (κ1) is 14.6. The van der Waals surface area contributed by atoms with Gasteiger partial charge in [-0.2, -0.15) is 10.5 Å². The van der Waals surface area contributed by atoms with E-state index in [1.54, 1.807) is 6.20 Å². The van der Waals surface area contributed by atoms with E-state index in [1.807, 2.05) is 36.4 Å². The fourth-order valence-corrected chi connectivity index (χ4v) is 2.40. The summed E-state index contributed by atoms with van der Waals surface area (Å²) < 4.78 is 0. The van der Waals surface area contributed by atoms with Gasteiger partial charge in [0.25, 0.3) is 0 Å². The maximum absolute atomic E-state index is 9.04. The molecular formula is C18H15N3. The van der Waals surface area contributed by atoms with E-state index in [9.17, 15) is 0 Å². The standard InChI is InChI=1S/C18H15N3/c1-18(2)10-14(6-7-17-5-3-4-8-21-17)9-15(11-18)16(12-19)13-20/h3-5,8-9H,10-11H2,1-2H3. The Kier molecular flexibility index (Phi) is 4.22. The van der Waals surface area contributed by atoms with Crippen molar-refractivity contribution in [1.29, 1.82) is 10.5 Å². The maximum Gasteiger partial charge on any atom is 0.132 e. The van der Waals surface area contributed by atoms with Crippen LogP contribution in [0.15, 0.2) is 47.2 Å². The zero-order chi connectivity index (χ0) is 15.3. The molecule has 0 aliphatic heterocycles. The van der Waals surface area contributed by atoms with Crippen molar-refractivity contribution in [3.05, 3.63) is 52.9 Å². The lowest BCUT2D eigenvalue weighted by molar-refractivity contribution is 0.355. The minimum Gasteiger partial charge on any atom is -0.248 e. The summed E-state index contributed by atoms with van der Waals surface area (Å²) >= 11 is 0. The van der Waals surface area contributed by atoms with Crippen LogP contribution in [0.4, 0.5) is 0 Å². The molecular weight excluding hydrogens is 258 g/mol. The molecule has 1 aliphatic rings. The SMILES string of the molecule is CC1(C)CC(C#Cc2ccccn2)=CC(=C(C#N)C#N)C1. The summed E-state index contributed by atoms with van der Waals surface area (Å²) in [4.78, 5) is 4.17. The topological polar surface area (TPSA) is 60.5 Å². The molecule has 0 radical (unpaired) electrons. The number of nitrogens with zero attached hydrogens (tertiary/aromatic N) is 3. The number of aromatic nitrogens is 1. The Balaban J connectivity index is 2.40. The highest BCUT2D eigenvalue weighted by molar-refractivity contribution is 5.51. The molecule has 0 saturated heterocycles. The van der Waals surface area contributed by atoms with Crippen molar-refractivity contribution in [3.8, 4) is 24.0 Å². The van der Waals surface area contributed by atoms with Crippen molar-refractivity contribution in [2.24, 2.45) is 5.41 Å². The smallest absolute Gasteiger partial charge is 0.132 e. The van der Waals surface area contributed by atoms with Gasteiger partial charge in [-0.15, -0.1) is 0 Å². The van der Waals surface area contributed by atoms with Crippen LogP contribution in [-0.4, -0.2) is 4.98 Å². The second kappa shape index (κ2) is 6.08. The predicted octanol–water partition coefficient (Wildman–Crippen LogP) is 3.52. The average molecular weight is 273 g/mol. The van der Waals surface area contributed by atoms with E-state index in [1.165, 1.54) is 0 Å². The van der Waals surface area contributed by atoms with Gasteiger partial charge < -0.3 is 0 Å². The molecule has 1 heterocycles. The van der Waals surface area contributed by atoms with E-state index in [-0.39, 0.29) is 11.0 Å². The van der Waals surface area contributed by atoms with E-state index in [0.717, 1.165) is 24.0 Å². The first-order chi connectivity index (χ1) is 10.0. The molecule has 0 saturated carbocycles. The van der Waals surface area contributed by atoms with Crippen molar-refractivity contribution in [3.63, 3.8) is 0 Å². The molecule has 0 amide bonds. The largest absolute Gasteiger partial charge is 0.248 e. The van der Waals surface area contributed by atoms with Crippen LogP contribution in [0.3, 0.4) is 0 Å². The third-order valence-corrected chi connectivity index (χ3v) is 3.25. The molecule has 21 heavy (non-hydrogen) atoms. The van der Waals surface area contributed by atoms with Gasteiger partial charge in [0.2, 0.25) is 0 Å². The van der Waals surface area contributed by atoms with Gasteiger partial charge in [0.1, 0.15) is 23.4 Å². The van der Waals surface area contributed by atoms with Gasteiger partial charge in [0, 0.05) is 11.8 Å². The molecule has 3 nitrogen and oxygen atoms in total. The highest BCUT2D eigenvalue weighted by Crippen LogP contribution is 2.38. The van der Waals surface area contributed by atoms with Gasteiger partial charge in [-0.25, -0.2) is 4.98 Å². The van der Waals surface area contributed by atoms with Gasteiger partial charge in [-0.05, 0) is 48.0 Å². The Morgan fingerprint density at radius 1 is 1.14 bits per heavy atom. The lowest BCUT2D eigenvalue weighted by Gasteiger charge is -2.29. The number of hydrogen-bond acceptors (Lipinski definition) is 3. The van der Waals surface area contributed by atoms with Crippen LogP contribution < -0.4 is 0 Å². The van der Waals surface area contributed by atoms with Gasteiger partial charge >= 0.3 is 0 Å². The molecule has 0 bridgehead atoms. The van der Waals surface area contributed by atoms with Crippen LogP contribution in [0.5, 0.6) is 0 Å². The molecule has 0 atom stereocenters. The predicted molar refractivity (Wildman–Crippen MR) is 80.5 cm³/mol. The zero-order valence-corrected chi connectivity index (χ0v) is 12.1. The van der Waals surface area contributed by atoms with Crippen LogP contribution in [0, 0.1) is 39.9 Å². The van der Waals surface area contributed by atoms with Crippen LogP contribution in [0.25, 0.3) is 0 Å². The van der Waals surface area contributed by atoms with E-state index in [2.05, 4.69) is 30.7 Å². The molecule has 1 aliphatic carbocycles. The van der Waals surface area contributed by atoms with Crippen molar-refractivity contribution in [1.82, 2.24) is 4.98 Å². The molecule has 2 rings (SSSR count). The third kappa shape index (κ3) is 3.82. The Morgan fingerprint density at radius 3 is 2.52 bits per heavy atom. The summed E-state index contributed by atoms with van der Waals surface area (Å²) in [6.45, 7) is 4.24. The van der Waals surface area contributed by atoms with Crippen molar-refractivity contribution in [2.75, 3.05) is 0 Å². The van der Waals surface area contributed by atoms with Crippen molar-refractivity contribution < 1.29 is 0 Å². The molecule has 0 spiro atoms. The fraction of sp³-hybridized carbons (Fsp3) is 0.278. The van der Waals surface area contributed by atoms with E-state index < -0.39 is 0 Å². The highest BCUT2D eigenvalue weighted by atomic mass is 14.6. The molecule has 0 aromatic carbocycles. The van der Waals surface area contributed by atoms with E-state index >= 15 is 0 Å². The average Bonchev–Trinajstić information content (AvgIpc) is 2.46. The quantitative estimate of drug-likeness (QED) is 0.536. The summed E-state index contributed by atoms with van der Waals surface area (Å²) in [5.41, 5.74) is 2.61. The summed E-state index contributed by atoms with van der Waals surface area (Å²) in [5.74, 6) is 6.15. The summed E-state index contributed by atoms with van der Waals surface area (Å²) in [6, 6.07) is 9.53. The van der Waals surface area contributed by atoms with Crippen LogP contribution >= 0.6 is 0 Å². The van der Waals surface area contributed by atoms with Crippen LogP contribution in [0.1, 0.15) is 32.4 Å². The second-order valence-electron chi connectivity index (χ2n) is 5.78. The molecule has 0 fully saturated rings. The molecule has 3 heteroatoms. The van der Waals surface area contributed by atoms with Crippen LogP contribution in [0.2, 0.25) is 0 Å². The third-order valence-electron chi connectivity index (χ3n) is 3.25. The summed E-state index contributed by atoms with van der Waals surface area (Å²) in [5, 5.41) is 18.1. The van der Waals surface area contributed by atoms with Gasteiger partial charge in [-0.1, -0.05) is 25.8 Å². The van der Waals surface area contributed by atoms with Crippen molar-refractivity contribution >= 4 is 0 Å². The lowest BCUT2D eigenvalue weighted by Crippen LogP contribution is -2.17. The normalized spacial score (nSPS) is 15.8. The molecule has 102 valence electrons. The summed E-state index contributed by atoms with van der Waals surface area (Å²) in [6.07, 6.45) is 5.14. The minimum absolute atomic E-state index is 0.00281. The first-order valence-corrected chi connectivity index (χ1v) is 6.71. The van der Waals surface area contributed by atoms with Gasteiger partial charge in [-0.3, -0.25) is 0 Å². The maximum atomic E-state index is 9.04. The fourth-order valence-electron chi connectivity index (χ4n) is 2.40. The lowest BCUT2D eigenvalue weighted by atomic mass is 9.74. The molecule has 0 unspecified atom stereocenters. The van der Waals surface area contributed by atoms with E-state index in [0.29, 0.717) is 5.69 Å². The number of pyridine rings is 1. The number of nitriles is 2. The Morgan fingerprint density at radius 2 is 1.90 bits per heavy atom. The number of rotatable bonds is 0. The number of hydrogen-bond donors (Lipinski definition) is 0. The van der Waals surface area contributed by atoms with E-state index in [4.69, 9.17) is 10.5 Å². The highest BCUT2D eigenvalue weighted by Gasteiger charge is 2.26. The van der Waals surface area contributed by atoms with Crippen LogP contribution in [-0.2, 0) is 0 Å². The second-order valence-corrected chi connectivity index (χ2v) is 5.78. The first-order valence-electron chi connectivity index (χ1n) is 6.71. The van der Waals surface area contributed by atoms with Gasteiger partial charge in [0.15, 0.2) is 0 Å². The summed E-state index contributed by atoms with van der Waals surface area (Å²) in [7, 11) is 0. The number of allylic oxidation sites excluding steroid dienone is 4.